The average Bonchev–Trinajstić information content (AvgIpc) is 3.59. The molecule has 0 saturated heterocycles. The number of phosphoric acid groups is 1. The van der Waals surface area contributed by atoms with E-state index in [0.29, 0.717) is 53.5 Å². The number of carboxylic acids is 1. The van der Waals surface area contributed by atoms with Gasteiger partial charge in [-0.1, -0.05) is 142 Å². The van der Waals surface area contributed by atoms with Crippen LogP contribution in [0.1, 0.15) is 202 Å². The summed E-state index contributed by atoms with van der Waals surface area (Å²) in [5.74, 6) is 2.07. The molecule has 9 nitrogen and oxygen atoms in total. The third kappa shape index (κ3) is 15.2. The molecule has 4 rings (SSSR count). The highest BCUT2D eigenvalue weighted by atomic mass is 31.2. The number of nitrogens with zero attached hydrogens (tertiary/aromatic N) is 1. The number of hydrogen-bond donors (Lipinski definition) is 3. The molecular weight excluding hydrogens is 822 g/mol. The van der Waals surface area contributed by atoms with Crippen molar-refractivity contribution in [2.45, 2.75) is 214 Å². The molecule has 0 aromatic rings. The molecule has 0 spiro atoms. The van der Waals surface area contributed by atoms with Crippen LogP contribution in [0.15, 0.2) is 23.8 Å². The van der Waals surface area contributed by atoms with E-state index in [1.807, 2.05) is 21.1 Å². The van der Waals surface area contributed by atoms with E-state index in [0.717, 1.165) is 56.3 Å². The van der Waals surface area contributed by atoms with Crippen LogP contribution < -0.4 is 0 Å². The van der Waals surface area contributed by atoms with Crippen molar-refractivity contribution in [1.29, 1.82) is 0 Å². The zero-order valence-electron chi connectivity index (χ0n) is 42.6. The first-order chi connectivity index (χ1) is 30.3. The molecule has 372 valence electrons. The van der Waals surface area contributed by atoms with Crippen LogP contribution in [0, 0.1) is 52.3 Å². The molecule has 10 heteroatoms. The maximum Gasteiger partial charge on any atom is 0.473 e. The number of carboxylic acid groups (broad SMARTS) is 1. The number of phosphoric ester groups is 1. The van der Waals surface area contributed by atoms with Gasteiger partial charge in [-0.05, 0) is 130 Å². The van der Waals surface area contributed by atoms with Gasteiger partial charge in [0.2, 0.25) is 5.60 Å². The number of allylic oxidation sites excluding steroid dienone is 4. The van der Waals surface area contributed by atoms with Crippen molar-refractivity contribution in [3.8, 4) is 0 Å². The number of aliphatic hydroxyl groups is 1. The molecule has 0 amide bonds. The van der Waals surface area contributed by atoms with E-state index in [-0.39, 0.29) is 18.6 Å². The molecule has 4 aliphatic rings. The molecule has 0 bridgehead atoms. The minimum atomic E-state index is -4.89. The maximum atomic E-state index is 13.8. The van der Waals surface area contributed by atoms with Crippen molar-refractivity contribution in [3.05, 3.63) is 23.8 Å². The van der Waals surface area contributed by atoms with E-state index in [2.05, 4.69) is 59.8 Å². The Morgan fingerprint density at radius 2 is 1.50 bits per heavy atom. The summed E-state index contributed by atoms with van der Waals surface area (Å²) in [5.41, 5.74) is -0.724. The van der Waals surface area contributed by atoms with Crippen LogP contribution in [-0.2, 0) is 23.1 Å². The van der Waals surface area contributed by atoms with Crippen LogP contribution in [-0.4, -0.2) is 84.8 Å². The van der Waals surface area contributed by atoms with Crippen LogP contribution in [0.25, 0.3) is 0 Å². The Morgan fingerprint density at radius 3 is 2.11 bits per heavy atom. The number of aliphatic hydroxyl groups excluding tert-OH is 1. The first-order valence-electron chi connectivity index (χ1n) is 26.6. The summed E-state index contributed by atoms with van der Waals surface area (Å²) in [5, 5.41) is 22.2. The van der Waals surface area contributed by atoms with E-state index in [1.165, 1.54) is 108 Å². The van der Waals surface area contributed by atoms with Gasteiger partial charge in [0.1, 0.15) is 19.3 Å². The summed E-state index contributed by atoms with van der Waals surface area (Å²) in [6.45, 7) is 14.4. The monoisotopic (exact) mass is 921 g/mol. The van der Waals surface area contributed by atoms with Crippen LogP contribution >= 0.6 is 7.82 Å². The third-order valence-corrected chi connectivity index (χ3v) is 18.2. The molecule has 7 unspecified atom stereocenters. The quantitative estimate of drug-likeness (QED) is 0.0264. The Hall–Kier alpha value is -1.06. The molecule has 0 heterocycles. The van der Waals surface area contributed by atoms with Crippen molar-refractivity contribution < 1.29 is 42.7 Å². The highest BCUT2D eigenvalue weighted by Crippen LogP contribution is 2.68. The summed E-state index contributed by atoms with van der Waals surface area (Å²) in [6.07, 6.45) is 34.0. The van der Waals surface area contributed by atoms with Gasteiger partial charge in [-0.3, -0.25) is 9.05 Å². The fraction of sp³-hybridized carbons (Fsp3) is 0.907. The van der Waals surface area contributed by atoms with Gasteiger partial charge in [0, 0.05) is 12.5 Å². The summed E-state index contributed by atoms with van der Waals surface area (Å²) in [4.78, 5) is 25.1. The summed E-state index contributed by atoms with van der Waals surface area (Å²) in [7, 11) is 0.964. The van der Waals surface area contributed by atoms with E-state index in [1.54, 1.807) is 0 Å². The fourth-order valence-corrected chi connectivity index (χ4v) is 14.4. The van der Waals surface area contributed by atoms with Crippen LogP contribution in [0.3, 0.4) is 0 Å². The maximum absolute atomic E-state index is 13.8. The van der Waals surface area contributed by atoms with Crippen LogP contribution in [0.4, 0.5) is 0 Å². The molecular formula is C54H99NO8P+. The Balaban J connectivity index is 1.41. The number of rotatable bonds is 32. The first kappa shape index (κ1) is 55.5. The lowest BCUT2D eigenvalue weighted by molar-refractivity contribution is -0.870. The van der Waals surface area contributed by atoms with E-state index < -0.39 is 38.0 Å². The highest BCUT2D eigenvalue weighted by molar-refractivity contribution is 7.47. The van der Waals surface area contributed by atoms with Crippen molar-refractivity contribution in [2.75, 3.05) is 47.5 Å². The lowest BCUT2D eigenvalue weighted by Crippen LogP contribution is -2.61. The van der Waals surface area contributed by atoms with Crippen molar-refractivity contribution in [3.63, 3.8) is 0 Å². The zero-order valence-corrected chi connectivity index (χ0v) is 43.5. The molecule has 3 saturated carbocycles. The van der Waals surface area contributed by atoms with Gasteiger partial charge in [0.15, 0.2) is 0 Å². The van der Waals surface area contributed by atoms with Crippen molar-refractivity contribution in [1.82, 2.24) is 0 Å². The van der Waals surface area contributed by atoms with E-state index in [4.69, 9.17) is 13.8 Å². The zero-order chi connectivity index (χ0) is 47.0. The number of quaternary nitrogens is 1. The van der Waals surface area contributed by atoms with Gasteiger partial charge in [-0.15, -0.1) is 0 Å². The number of aliphatic carboxylic acids is 1. The Bertz CT molecular complexity index is 1490. The van der Waals surface area contributed by atoms with Gasteiger partial charge in [0.05, 0.1) is 27.7 Å². The standard InChI is InChI=1S/C54H98NO8P/c1-10-11-12-13-14-15-16-17-18-19-20-21-22-23-24-25-38-61-50(41-56)54(51(57)58,63-64(59,60)62-39-37-55(7,8)9)45-33-35-52(5)44(40-45)29-30-46-48-32-31-47(43(4)28-26-27-42(2)3)53(48,6)36-34-49(46)52/h17-18,29,42-43,45-50,56H,10-16,19-28,30-41H2,1-9H3,(H-,57,58,59,60)/p+1/b18-17-/t43-,45?,46?,47-,48?,49?,50?,52+,53-,54?/m1/s1. The topological polar surface area (TPSA) is 123 Å². The number of hydrogen-bond acceptors (Lipinski definition) is 6. The predicted molar refractivity (Wildman–Crippen MR) is 263 cm³/mol. The van der Waals surface area contributed by atoms with Gasteiger partial charge in [0.25, 0.3) is 0 Å². The second kappa shape index (κ2) is 26.1. The molecule has 0 aromatic heterocycles. The SMILES string of the molecule is CCCCCCCC/C=C\CCCCCCCCOC(CO)C(OP(=O)(O)OCC[N+](C)(C)C)(C(=O)O)C1CC[C@@]2(C)C(=CCC3C2CC[C@@]2(C)C3CC[C@@H]2[C@H](C)CCCC(C)C)C1. The number of unbranched alkanes of at least 4 members (excludes halogenated alkanes) is 12. The number of fused-ring (bicyclic) bond motifs is 5. The Morgan fingerprint density at radius 1 is 0.859 bits per heavy atom. The number of ether oxygens (including phenoxy) is 1. The molecule has 0 aromatic carbocycles. The molecule has 3 fully saturated rings. The Labute approximate surface area is 392 Å². The van der Waals surface area contributed by atoms with Crippen molar-refractivity contribution in [2.24, 2.45) is 52.3 Å². The van der Waals surface area contributed by atoms with Gasteiger partial charge < -0.3 is 24.3 Å². The molecule has 64 heavy (non-hydrogen) atoms. The average molecular weight is 921 g/mol. The summed E-state index contributed by atoms with van der Waals surface area (Å²) < 4.78 is 32.1. The first-order valence-corrected chi connectivity index (χ1v) is 28.1. The van der Waals surface area contributed by atoms with Gasteiger partial charge >= 0.3 is 13.8 Å². The Kier molecular flexibility index (Phi) is 22.6. The smallest absolute Gasteiger partial charge is 0.473 e. The van der Waals surface area contributed by atoms with Gasteiger partial charge in [-0.2, -0.15) is 0 Å². The lowest BCUT2D eigenvalue weighted by Gasteiger charge is -2.59. The fourth-order valence-electron chi connectivity index (χ4n) is 13.3. The minimum Gasteiger partial charge on any atom is -0.479 e. The second-order valence-corrected chi connectivity index (χ2v) is 24.6. The summed E-state index contributed by atoms with van der Waals surface area (Å²) in [6, 6.07) is 0. The largest absolute Gasteiger partial charge is 0.479 e. The lowest BCUT2D eigenvalue weighted by atomic mass is 9.46. The molecule has 3 N–H and O–H groups in total. The normalized spacial score (nSPS) is 30.0. The predicted octanol–water partition coefficient (Wildman–Crippen LogP) is 13.7. The molecule has 11 atom stereocenters. The second-order valence-electron chi connectivity index (χ2n) is 23.2. The van der Waals surface area contributed by atoms with E-state index in [9.17, 15) is 24.5 Å². The molecule has 4 aliphatic carbocycles. The van der Waals surface area contributed by atoms with Crippen molar-refractivity contribution >= 4 is 13.8 Å². The number of likely N-dealkylation sites (N-methyl/N-ethyl adjacent to an activating group) is 1. The minimum absolute atomic E-state index is 0.0740. The summed E-state index contributed by atoms with van der Waals surface area (Å²) >= 11 is 0. The number of carbonyl (C=O) groups is 1. The van der Waals surface area contributed by atoms with E-state index >= 15 is 0 Å². The molecule has 0 aliphatic heterocycles. The van der Waals surface area contributed by atoms with Crippen LogP contribution in [0.5, 0.6) is 0 Å². The highest BCUT2D eigenvalue weighted by Gasteiger charge is 2.63. The third-order valence-electron chi connectivity index (χ3n) is 17.1. The van der Waals surface area contributed by atoms with Gasteiger partial charge in [-0.25, -0.2) is 9.36 Å². The molecule has 0 radical (unpaired) electrons. The van der Waals surface area contributed by atoms with Crippen LogP contribution in [0.2, 0.25) is 0 Å².